The van der Waals surface area contributed by atoms with Gasteiger partial charge in [-0.25, -0.2) is 0 Å². The minimum Gasteiger partial charge on any atom is -0.481 e. The molecule has 2 N–H and O–H groups in total. The van der Waals surface area contributed by atoms with Crippen LogP contribution in [0.5, 0.6) is 0 Å². The maximum absolute atomic E-state index is 10.5. The molecule has 0 bridgehead atoms. The van der Waals surface area contributed by atoms with Crippen molar-refractivity contribution in [1.29, 1.82) is 0 Å². The molecule has 0 aromatic carbocycles. The summed E-state index contributed by atoms with van der Waals surface area (Å²) in [6.07, 6.45) is 4.34. The van der Waals surface area contributed by atoms with Crippen LogP contribution in [0.3, 0.4) is 0 Å². The van der Waals surface area contributed by atoms with Crippen LogP contribution in [0, 0.1) is 5.41 Å². The lowest BCUT2D eigenvalue weighted by Crippen LogP contribution is -2.38. The first kappa shape index (κ1) is 14.5. The molecule has 1 saturated heterocycles. The summed E-state index contributed by atoms with van der Waals surface area (Å²) in [6.45, 7) is 6.92. The summed E-state index contributed by atoms with van der Waals surface area (Å²) in [5.41, 5.74) is 0.0981. The number of aliphatic carboxylic acids is 1. The summed E-state index contributed by atoms with van der Waals surface area (Å²) in [4.78, 5) is 10.5. The molecule has 1 atom stereocenters. The molecule has 4 heteroatoms. The van der Waals surface area contributed by atoms with Crippen molar-refractivity contribution in [2.24, 2.45) is 5.41 Å². The van der Waals surface area contributed by atoms with E-state index in [0.717, 1.165) is 39.0 Å². The van der Waals surface area contributed by atoms with Crippen molar-refractivity contribution in [3.8, 4) is 0 Å². The highest BCUT2D eigenvalue weighted by Crippen LogP contribution is 2.26. The molecule has 0 aliphatic carbocycles. The third-order valence-electron chi connectivity index (χ3n) is 3.41. The third kappa shape index (κ3) is 6.64. The Morgan fingerprint density at radius 3 is 2.82 bits per heavy atom. The number of carbonyl (C=O) groups is 1. The molecule has 1 rings (SSSR count). The van der Waals surface area contributed by atoms with Gasteiger partial charge in [-0.3, -0.25) is 4.79 Å². The average Bonchev–Trinajstić information content (AvgIpc) is 2.28. The molecule has 0 amide bonds. The molecule has 0 aromatic rings. The number of nitrogens with one attached hydrogen (secondary N) is 1. The van der Waals surface area contributed by atoms with E-state index in [0.29, 0.717) is 6.04 Å². The van der Waals surface area contributed by atoms with Gasteiger partial charge in [-0.2, -0.15) is 0 Å². The highest BCUT2D eigenvalue weighted by atomic mass is 16.5. The van der Waals surface area contributed by atoms with Crippen LogP contribution in [0.15, 0.2) is 0 Å². The summed E-state index contributed by atoms with van der Waals surface area (Å²) in [6, 6.07) is 0.485. The molecule has 1 heterocycles. The van der Waals surface area contributed by atoms with Crippen molar-refractivity contribution in [3.05, 3.63) is 0 Å². The number of ether oxygens (including phenoxy) is 1. The van der Waals surface area contributed by atoms with Gasteiger partial charge in [0.1, 0.15) is 0 Å². The van der Waals surface area contributed by atoms with Crippen LogP contribution in [-0.2, 0) is 9.53 Å². The average molecular weight is 243 g/mol. The van der Waals surface area contributed by atoms with Gasteiger partial charge in [0.05, 0.1) is 6.61 Å². The second-order valence-electron chi connectivity index (χ2n) is 5.68. The standard InChI is InChI=1S/C13H25NO3/c1-13(2,6-5-12(15)16)7-8-14-11-4-3-9-17-10-11/h11,14H,3-10H2,1-2H3,(H,15,16). The molecule has 1 unspecified atom stereocenters. The van der Waals surface area contributed by atoms with Crippen LogP contribution in [0.1, 0.15) is 46.0 Å². The largest absolute Gasteiger partial charge is 0.481 e. The van der Waals surface area contributed by atoms with Gasteiger partial charge in [0.15, 0.2) is 0 Å². The molecule has 1 fully saturated rings. The van der Waals surface area contributed by atoms with Gasteiger partial charge >= 0.3 is 5.97 Å². The number of carboxylic acid groups (broad SMARTS) is 1. The predicted molar refractivity (Wildman–Crippen MR) is 67.1 cm³/mol. The van der Waals surface area contributed by atoms with E-state index in [1.807, 2.05) is 0 Å². The Labute approximate surface area is 104 Å². The van der Waals surface area contributed by atoms with E-state index < -0.39 is 5.97 Å². The first-order valence-electron chi connectivity index (χ1n) is 6.52. The van der Waals surface area contributed by atoms with Gasteiger partial charge in [-0.1, -0.05) is 13.8 Å². The predicted octanol–water partition coefficient (Wildman–Crippen LogP) is 2.04. The lowest BCUT2D eigenvalue weighted by atomic mass is 9.84. The fourth-order valence-corrected chi connectivity index (χ4v) is 2.09. The summed E-state index contributed by atoms with van der Waals surface area (Å²) < 4.78 is 5.40. The van der Waals surface area contributed by atoms with Crippen molar-refractivity contribution in [3.63, 3.8) is 0 Å². The molecule has 0 aromatic heterocycles. The maximum atomic E-state index is 10.5. The molecule has 0 radical (unpaired) electrons. The molecular weight excluding hydrogens is 218 g/mol. The van der Waals surface area contributed by atoms with Crippen molar-refractivity contribution >= 4 is 5.97 Å². The Balaban J connectivity index is 2.12. The fourth-order valence-electron chi connectivity index (χ4n) is 2.09. The van der Waals surface area contributed by atoms with Gasteiger partial charge in [-0.05, 0) is 37.6 Å². The zero-order chi connectivity index (χ0) is 12.7. The summed E-state index contributed by atoms with van der Waals surface area (Å²) >= 11 is 0. The van der Waals surface area contributed by atoms with Gasteiger partial charge in [0.25, 0.3) is 0 Å². The zero-order valence-electron chi connectivity index (χ0n) is 11.0. The summed E-state index contributed by atoms with van der Waals surface area (Å²) in [5, 5.41) is 12.2. The van der Waals surface area contributed by atoms with Crippen molar-refractivity contribution < 1.29 is 14.6 Å². The fraction of sp³-hybridized carbons (Fsp3) is 0.923. The molecule has 1 aliphatic rings. The number of rotatable bonds is 7. The second kappa shape index (κ2) is 6.97. The topological polar surface area (TPSA) is 58.6 Å². The van der Waals surface area contributed by atoms with E-state index in [1.54, 1.807) is 0 Å². The van der Waals surface area contributed by atoms with Gasteiger partial charge in [0.2, 0.25) is 0 Å². The quantitative estimate of drug-likeness (QED) is 0.718. The zero-order valence-corrected chi connectivity index (χ0v) is 11.0. The molecule has 17 heavy (non-hydrogen) atoms. The van der Waals surface area contributed by atoms with E-state index in [-0.39, 0.29) is 11.8 Å². The van der Waals surface area contributed by atoms with E-state index in [9.17, 15) is 4.79 Å². The lowest BCUT2D eigenvalue weighted by Gasteiger charge is -2.27. The van der Waals surface area contributed by atoms with Gasteiger partial charge in [0, 0.05) is 19.1 Å². The molecule has 0 spiro atoms. The van der Waals surface area contributed by atoms with Crippen LogP contribution in [0.4, 0.5) is 0 Å². The monoisotopic (exact) mass is 243 g/mol. The van der Waals surface area contributed by atoms with E-state index in [4.69, 9.17) is 9.84 Å². The van der Waals surface area contributed by atoms with E-state index in [1.165, 1.54) is 6.42 Å². The minimum atomic E-state index is -0.702. The minimum absolute atomic E-state index is 0.0981. The molecular formula is C13H25NO3. The van der Waals surface area contributed by atoms with Gasteiger partial charge in [-0.15, -0.1) is 0 Å². The SMILES string of the molecule is CC(C)(CCNC1CCCOC1)CCC(=O)O. The summed E-state index contributed by atoms with van der Waals surface area (Å²) in [5.74, 6) is -0.702. The Bertz CT molecular complexity index is 235. The smallest absolute Gasteiger partial charge is 0.303 e. The lowest BCUT2D eigenvalue weighted by molar-refractivity contribution is -0.137. The van der Waals surface area contributed by atoms with Crippen LogP contribution >= 0.6 is 0 Å². The molecule has 1 aliphatic heterocycles. The normalized spacial score (nSPS) is 21.4. The first-order chi connectivity index (χ1) is 7.99. The Kier molecular flexibility index (Phi) is 5.92. The maximum Gasteiger partial charge on any atom is 0.303 e. The molecule has 100 valence electrons. The summed E-state index contributed by atoms with van der Waals surface area (Å²) in [7, 11) is 0. The third-order valence-corrected chi connectivity index (χ3v) is 3.41. The Hall–Kier alpha value is -0.610. The van der Waals surface area contributed by atoms with Crippen LogP contribution in [0.2, 0.25) is 0 Å². The molecule has 4 nitrogen and oxygen atoms in total. The second-order valence-corrected chi connectivity index (χ2v) is 5.68. The Morgan fingerprint density at radius 1 is 1.47 bits per heavy atom. The molecule has 0 saturated carbocycles. The highest BCUT2D eigenvalue weighted by molar-refractivity contribution is 5.66. The number of carboxylic acids is 1. The van der Waals surface area contributed by atoms with Crippen molar-refractivity contribution in [1.82, 2.24) is 5.32 Å². The van der Waals surface area contributed by atoms with Crippen LogP contribution < -0.4 is 5.32 Å². The van der Waals surface area contributed by atoms with E-state index in [2.05, 4.69) is 19.2 Å². The van der Waals surface area contributed by atoms with Crippen LogP contribution in [-0.4, -0.2) is 36.9 Å². The van der Waals surface area contributed by atoms with Gasteiger partial charge < -0.3 is 15.2 Å². The van der Waals surface area contributed by atoms with Crippen LogP contribution in [0.25, 0.3) is 0 Å². The highest BCUT2D eigenvalue weighted by Gasteiger charge is 2.20. The first-order valence-corrected chi connectivity index (χ1v) is 6.52. The Morgan fingerprint density at radius 2 is 2.24 bits per heavy atom. The number of hydrogen-bond donors (Lipinski definition) is 2. The van der Waals surface area contributed by atoms with E-state index >= 15 is 0 Å². The van der Waals surface area contributed by atoms with Crippen molar-refractivity contribution in [2.45, 2.75) is 52.0 Å². The van der Waals surface area contributed by atoms with Crippen molar-refractivity contribution in [2.75, 3.05) is 19.8 Å². The number of hydrogen-bond acceptors (Lipinski definition) is 3.